The van der Waals surface area contributed by atoms with Crippen molar-refractivity contribution in [2.24, 2.45) is 0 Å². The fourth-order valence-corrected chi connectivity index (χ4v) is 3.01. The zero-order chi connectivity index (χ0) is 23.8. The summed E-state index contributed by atoms with van der Waals surface area (Å²) in [5.74, 6) is -0.659. The van der Waals surface area contributed by atoms with Crippen LogP contribution in [0.2, 0.25) is 0 Å². The maximum atomic E-state index is 12.4. The molecule has 3 aromatic rings. The van der Waals surface area contributed by atoms with Gasteiger partial charge in [-0.05, 0) is 66.2 Å². The first-order valence-corrected chi connectivity index (χ1v) is 10.0. The number of amides is 1. The Morgan fingerprint density at radius 3 is 1.73 bits per heavy atom. The third kappa shape index (κ3) is 6.33. The molecule has 170 valence electrons. The molecule has 33 heavy (non-hydrogen) atoms. The van der Waals surface area contributed by atoms with Crippen LogP contribution < -0.4 is 19.5 Å². The van der Waals surface area contributed by atoms with Gasteiger partial charge in [0.25, 0.3) is 5.91 Å². The molecule has 1 amide bonds. The third-order valence-corrected chi connectivity index (χ3v) is 4.86. The van der Waals surface area contributed by atoms with Crippen molar-refractivity contribution in [3.05, 3.63) is 89.5 Å². The van der Waals surface area contributed by atoms with Crippen molar-refractivity contribution >= 4 is 17.8 Å². The van der Waals surface area contributed by atoms with Crippen LogP contribution in [0, 0.1) is 0 Å². The smallest absolute Gasteiger partial charge is 0.343 e. The molecule has 8 heteroatoms. The number of carboxylic acids is 1. The molecule has 0 aromatic heterocycles. The predicted molar refractivity (Wildman–Crippen MR) is 120 cm³/mol. The molecule has 3 rings (SSSR count). The number of carboxylic acid groups (broad SMARTS) is 1. The molecule has 0 bridgehead atoms. The Balaban J connectivity index is 1.61. The average Bonchev–Trinajstić information content (AvgIpc) is 2.84. The van der Waals surface area contributed by atoms with E-state index in [2.05, 4.69) is 5.32 Å². The van der Waals surface area contributed by atoms with E-state index in [-0.39, 0.29) is 6.42 Å². The molecule has 0 aliphatic heterocycles. The number of benzene rings is 3. The normalized spacial score (nSPS) is 11.2. The first-order valence-electron chi connectivity index (χ1n) is 10.0. The van der Waals surface area contributed by atoms with Crippen molar-refractivity contribution in [3.8, 4) is 17.2 Å². The number of carbonyl (C=O) groups excluding carboxylic acids is 2. The van der Waals surface area contributed by atoms with E-state index in [0.29, 0.717) is 33.9 Å². The van der Waals surface area contributed by atoms with Gasteiger partial charge in [-0.3, -0.25) is 4.79 Å². The van der Waals surface area contributed by atoms with Gasteiger partial charge < -0.3 is 24.6 Å². The fraction of sp³-hybridized carbons (Fsp3) is 0.160. The number of esters is 1. The van der Waals surface area contributed by atoms with Gasteiger partial charge in [-0.2, -0.15) is 0 Å². The summed E-state index contributed by atoms with van der Waals surface area (Å²) in [7, 11) is 3.05. The van der Waals surface area contributed by atoms with Crippen LogP contribution >= 0.6 is 0 Å². The highest BCUT2D eigenvalue weighted by Gasteiger charge is 2.21. The highest BCUT2D eigenvalue weighted by molar-refractivity contribution is 5.96. The van der Waals surface area contributed by atoms with E-state index in [9.17, 15) is 19.5 Å². The summed E-state index contributed by atoms with van der Waals surface area (Å²) in [6.07, 6.45) is 0.0595. The second-order valence-corrected chi connectivity index (χ2v) is 7.06. The Morgan fingerprint density at radius 2 is 1.24 bits per heavy atom. The van der Waals surface area contributed by atoms with Crippen LogP contribution in [0.3, 0.4) is 0 Å². The number of nitrogens with one attached hydrogen (secondary N) is 1. The molecule has 3 aromatic carbocycles. The summed E-state index contributed by atoms with van der Waals surface area (Å²) in [4.78, 5) is 36.4. The Bertz CT molecular complexity index is 1110. The van der Waals surface area contributed by atoms with Crippen molar-refractivity contribution < 1.29 is 33.7 Å². The second-order valence-electron chi connectivity index (χ2n) is 7.06. The van der Waals surface area contributed by atoms with E-state index >= 15 is 0 Å². The minimum atomic E-state index is -1.16. The van der Waals surface area contributed by atoms with E-state index in [1.165, 1.54) is 14.2 Å². The van der Waals surface area contributed by atoms with Crippen LogP contribution in [0.4, 0.5) is 0 Å². The van der Waals surface area contributed by atoms with Gasteiger partial charge in [-0.15, -0.1) is 0 Å². The molecule has 0 aliphatic rings. The van der Waals surface area contributed by atoms with Gasteiger partial charge in [0, 0.05) is 12.0 Å². The summed E-state index contributed by atoms with van der Waals surface area (Å²) in [6, 6.07) is 18.2. The summed E-state index contributed by atoms with van der Waals surface area (Å²) in [5.41, 5.74) is 1.34. The van der Waals surface area contributed by atoms with Gasteiger partial charge in [0.2, 0.25) is 0 Å². The Hall–Kier alpha value is -4.33. The predicted octanol–water partition coefficient (Wildman–Crippen LogP) is 3.35. The number of ether oxygens (including phenoxy) is 3. The molecule has 0 saturated heterocycles. The monoisotopic (exact) mass is 449 g/mol. The summed E-state index contributed by atoms with van der Waals surface area (Å²) in [5, 5.41) is 12.1. The first-order chi connectivity index (χ1) is 15.9. The molecule has 0 saturated carbocycles. The largest absolute Gasteiger partial charge is 0.497 e. The maximum absolute atomic E-state index is 12.4. The van der Waals surface area contributed by atoms with E-state index < -0.39 is 23.9 Å². The molecular weight excluding hydrogens is 426 g/mol. The minimum absolute atomic E-state index is 0.0595. The average molecular weight is 449 g/mol. The summed E-state index contributed by atoms with van der Waals surface area (Å²) < 4.78 is 15.5. The van der Waals surface area contributed by atoms with Crippen molar-refractivity contribution in [1.82, 2.24) is 5.32 Å². The van der Waals surface area contributed by atoms with Crippen molar-refractivity contribution in [1.29, 1.82) is 0 Å². The molecule has 1 atom stereocenters. The van der Waals surface area contributed by atoms with Crippen molar-refractivity contribution in [3.63, 3.8) is 0 Å². The molecule has 2 N–H and O–H groups in total. The molecular formula is C25H23NO7. The highest BCUT2D eigenvalue weighted by Crippen LogP contribution is 2.18. The molecule has 0 spiro atoms. The van der Waals surface area contributed by atoms with Gasteiger partial charge in [-0.25, -0.2) is 9.59 Å². The Kier molecular flexibility index (Phi) is 7.64. The fourth-order valence-electron chi connectivity index (χ4n) is 3.01. The quantitative estimate of drug-likeness (QED) is 0.381. The minimum Gasteiger partial charge on any atom is -0.497 e. The molecule has 0 radical (unpaired) electrons. The van der Waals surface area contributed by atoms with E-state index in [0.717, 1.165) is 0 Å². The molecule has 0 fully saturated rings. The number of methoxy groups -OCH3 is 2. The van der Waals surface area contributed by atoms with Crippen LogP contribution in [0.1, 0.15) is 26.3 Å². The lowest BCUT2D eigenvalue weighted by atomic mass is 10.1. The third-order valence-electron chi connectivity index (χ3n) is 4.86. The standard InChI is InChI=1S/C25H23NO7/c1-31-19-11-5-17(6-12-19)23(27)26-22(24(28)29)15-16-3-9-21(10-4-16)33-25(30)18-7-13-20(32-2)14-8-18/h3-14,22H,15H2,1-2H3,(H,26,27)(H,28,29)/t22-/m0/s1. The van der Waals surface area contributed by atoms with E-state index in [4.69, 9.17) is 14.2 Å². The maximum Gasteiger partial charge on any atom is 0.343 e. The SMILES string of the molecule is COc1ccc(C(=O)N[C@@H](Cc2ccc(OC(=O)c3ccc(OC)cc3)cc2)C(=O)O)cc1. The number of carbonyl (C=O) groups is 3. The first kappa shape index (κ1) is 23.3. The van der Waals surface area contributed by atoms with Crippen LogP contribution in [0.5, 0.6) is 17.2 Å². The second kappa shape index (κ2) is 10.8. The van der Waals surface area contributed by atoms with Gasteiger partial charge in [0.05, 0.1) is 19.8 Å². The zero-order valence-corrected chi connectivity index (χ0v) is 18.1. The lowest BCUT2D eigenvalue weighted by molar-refractivity contribution is -0.139. The van der Waals surface area contributed by atoms with Crippen LogP contribution in [0.25, 0.3) is 0 Å². The topological polar surface area (TPSA) is 111 Å². The molecule has 0 heterocycles. The van der Waals surface area contributed by atoms with Gasteiger partial charge in [-0.1, -0.05) is 12.1 Å². The van der Waals surface area contributed by atoms with Gasteiger partial charge >= 0.3 is 11.9 Å². The van der Waals surface area contributed by atoms with Gasteiger partial charge in [0.1, 0.15) is 23.3 Å². The zero-order valence-electron chi connectivity index (χ0n) is 18.1. The van der Waals surface area contributed by atoms with E-state index in [1.54, 1.807) is 72.8 Å². The summed E-state index contributed by atoms with van der Waals surface area (Å²) >= 11 is 0. The van der Waals surface area contributed by atoms with Crippen LogP contribution in [-0.4, -0.2) is 43.2 Å². The van der Waals surface area contributed by atoms with Crippen molar-refractivity contribution in [2.45, 2.75) is 12.5 Å². The molecule has 0 unspecified atom stereocenters. The molecule has 8 nitrogen and oxygen atoms in total. The van der Waals surface area contributed by atoms with E-state index in [1.807, 2.05) is 0 Å². The van der Waals surface area contributed by atoms with Crippen LogP contribution in [-0.2, 0) is 11.2 Å². The number of hydrogen-bond acceptors (Lipinski definition) is 6. The molecule has 0 aliphatic carbocycles. The number of hydrogen-bond donors (Lipinski definition) is 2. The van der Waals surface area contributed by atoms with Crippen LogP contribution in [0.15, 0.2) is 72.8 Å². The van der Waals surface area contributed by atoms with Gasteiger partial charge in [0.15, 0.2) is 0 Å². The Labute approximate surface area is 190 Å². The lowest BCUT2D eigenvalue weighted by Crippen LogP contribution is -2.42. The number of aliphatic carboxylic acids is 1. The highest BCUT2D eigenvalue weighted by atomic mass is 16.5. The Morgan fingerprint density at radius 1 is 0.758 bits per heavy atom. The lowest BCUT2D eigenvalue weighted by Gasteiger charge is -2.15. The number of rotatable bonds is 9. The van der Waals surface area contributed by atoms with Crippen molar-refractivity contribution in [2.75, 3.05) is 14.2 Å². The summed E-state index contributed by atoms with van der Waals surface area (Å²) in [6.45, 7) is 0.